The summed E-state index contributed by atoms with van der Waals surface area (Å²) in [7, 11) is 1.22. The van der Waals surface area contributed by atoms with Gasteiger partial charge in [0.1, 0.15) is 0 Å². The van der Waals surface area contributed by atoms with E-state index in [1.807, 2.05) is 0 Å². The molecule has 0 saturated heterocycles. The van der Waals surface area contributed by atoms with Crippen molar-refractivity contribution in [2.75, 3.05) is 7.11 Å². The molecule has 3 aromatic rings. The van der Waals surface area contributed by atoms with Crippen LogP contribution in [0.5, 0.6) is 0 Å². The maximum absolute atomic E-state index is 12.6. The van der Waals surface area contributed by atoms with E-state index in [4.69, 9.17) is 4.74 Å². The number of alkyl halides is 3. The lowest BCUT2D eigenvalue weighted by Crippen LogP contribution is -2.22. The third-order valence-electron chi connectivity index (χ3n) is 3.55. The first-order chi connectivity index (χ1) is 10.8. The molecule has 0 amide bonds. The summed E-state index contributed by atoms with van der Waals surface area (Å²) in [5, 5.41) is 0.418. The van der Waals surface area contributed by atoms with Gasteiger partial charge in [0.15, 0.2) is 0 Å². The van der Waals surface area contributed by atoms with Crippen LogP contribution in [0.25, 0.3) is 16.4 Å². The number of ether oxygens (including phenoxy) is 1. The van der Waals surface area contributed by atoms with Gasteiger partial charge in [0, 0.05) is 17.1 Å². The van der Waals surface area contributed by atoms with Crippen molar-refractivity contribution in [3.8, 4) is 0 Å². The Morgan fingerprint density at radius 3 is 2.48 bits per heavy atom. The maximum Gasteiger partial charge on any atom is 0.454 e. The monoisotopic (exact) mass is 321 g/mol. The molecule has 0 aliphatic heterocycles. The molecule has 0 aliphatic carbocycles. The topological polar surface area (TPSA) is 47.8 Å². The number of benzene rings is 1. The number of nitrogens with zero attached hydrogens (tertiary/aromatic N) is 1. The van der Waals surface area contributed by atoms with Crippen molar-refractivity contribution in [3.63, 3.8) is 0 Å². The second kappa shape index (κ2) is 5.12. The molecule has 118 valence electrons. The van der Waals surface area contributed by atoms with E-state index < -0.39 is 23.5 Å². The van der Waals surface area contributed by atoms with Gasteiger partial charge in [-0.15, -0.1) is 0 Å². The molecule has 0 aliphatic rings. The lowest BCUT2D eigenvalue weighted by molar-refractivity contribution is -0.0885. The zero-order valence-corrected chi connectivity index (χ0v) is 11.8. The van der Waals surface area contributed by atoms with Crippen LogP contribution >= 0.6 is 0 Å². The van der Waals surface area contributed by atoms with Crippen LogP contribution in [0, 0.1) is 0 Å². The van der Waals surface area contributed by atoms with Gasteiger partial charge in [-0.2, -0.15) is 13.2 Å². The van der Waals surface area contributed by atoms with Gasteiger partial charge in [0.25, 0.3) is 5.78 Å². The Hall–Kier alpha value is -2.83. The number of halogens is 3. The highest BCUT2D eigenvalue weighted by Gasteiger charge is 2.39. The Labute approximate surface area is 128 Å². The summed E-state index contributed by atoms with van der Waals surface area (Å²) in [5.74, 6) is -2.52. The quantitative estimate of drug-likeness (QED) is 0.535. The molecule has 0 unspecified atom stereocenters. The molecule has 1 aromatic carbocycles. The van der Waals surface area contributed by atoms with Crippen LogP contribution in [0.4, 0.5) is 13.2 Å². The van der Waals surface area contributed by atoms with E-state index in [0.29, 0.717) is 16.4 Å². The molecule has 2 heterocycles. The first kappa shape index (κ1) is 15.1. The van der Waals surface area contributed by atoms with E-state index in [1.54, 1.807) is 28.8 Å². The van der Waals surface area contributed by atoms with E-state index in [2.05, 4.69) is 0 Å². The predicted molar refractivity (Wildman–Crippen MR) is 76.6 cm³/mol. The third kappa shape index (κ3) is 2.34. The number of methoxy groups -OCH3 is 1. The molecule has 0 bridgehead atoms. The van der Waals surface area contributed by atoms with Crippen molar-refractivity contribution >= 4 is 28.2 Å². The molecule has 0 atom stereocenters. The van der Waals surface area contributed by atoms with Crippen molar-refractivity contribution in [2.24, 2.45) is 0 Å². The smallest absolute Gasteiger partial charge is 0.454 e. The van der Waals surface area contributed by atoms with Crippen molar-refractivity contribution in [3.05, 3.63) is 53.7 Å². The first-order valence-corrected chi connectivity index (χ1v) is 6.57. The zero-order valence-electron chi connectivity index (χ0n) is 11.8. The van der Waals surface area contributed by atoms with Gasteiger partial charge in [-0.3, -0.25) is 4.79 Å². The minimum Gasteiger partial charge on any atom is -0.465 e. The Balaban J connectivity index is 2.34. The molecule has 0 fully saturated rings. The maximum atomic E-state index is 12.6. The average molecular weight is 321 g/mol. The molecule has 3 rings (SSSR count). The Bertz CT molecular complexity index is 941. The van der Waals surface area contributed by atoms with Crippen LogP contribution in [0.2, 0.25) is 0 Å². The summed E-state index contributed by atoms with van der Waals surface area (Å²) < 4.78 is 44.1. The highest BCUT2D eigenvalue weighted by atomic mass is 19.4. The van der Waals surface area contributed by atoms with Gasteiger partial charge in [-0.05, 0) is 18.2 Å². The lowest BCUT2D eigenvalue weighted by atomic mass is 10.1. The second-order valence-electron chi connectivity index (χ2n) is 4.88. The van der Waals surface area contributed by atoms with Crippen LogP contribution in [0.3, 0.4) is 0 Å². The number of carbonyl (C=O) groups excluding carboxylic acids is 2. The van der Waals surface area contributed by atoms with Crippen LogP contribution < -0.4 is 0 Å². The summed E-state index contributed by atoms with van der Waals surface area (Å²) in [6.45, 7) is 0. The van der Waals surface area contributed by atoms with Crippen molar-refractivity contribution in [1.29, 1.82) is 0 Å². The van der Waals surface area contributed by atoms with Crippen molar-refractivity contribution < 1.29 is 27.5 Å². The minimum atomic E-state index is -4.95. The zero-order chi connectivity index (χ0) is 16.8. The van der Waals surface area contributed by atoms with E-state index in [-0.39, 0.29) is 5.56 Å². The molecular formula is C16H10F3NO3. The van der Waals surface area contributed by atoms with Gasteiger partial charge in [-0.25, -0.2) is 4.79 Å². The van der Waals surface area contributed by atoms with Gasteiger partial charge in [0.05, 0.1) is 23.7 Å². The summed E-state index contributed by atoms with van der Waals surface area (Å²) in [5.41, 5.74) is 0.584. The standard InChI is InChI=1S/C16H10F3NO3/c1-23-15(22)13-10-6-5-9(14(21)16(17,18)19)8-12(10)20-7-3-2-4-11(13)20/h2-8H,1H3. The molecule has 23 heavy (non-hydrogen) atoms. The molecule has 7 heteroatoms. The van der Waals surface area contributed by atoms with Crippen molar-refractivity contribution in [2.45, 2.75) is 6.18 Å². The number of aromatic nitrogens is 1. The molecular weight excluding hydrogens is 311 g/mol. The molecule has 0 saturated carbocycles. The Morgan fingerprint density at radius 1 is 1.09 bits per heavy atom. The number of rotatable bonds is 2. The fourth-order valence-electron chi connectivity index (χ4n) is 2.56. The molecule has 0 spiro atoms. The molecule has 0 radical (unpaired) electrons. The minimum absolute atomic E-state index is 0.245. The number of pyridine rings is 1. The number of fused-ring (bicyclic) bond motifs is 3. The van der Waals surface area contributed by atoms with Crippen LogP contribution in [-0.2, 0) is 4.74 Å². The summed E-state index contributed by atoms with van der Waals surface area (Å²) >= 11 is 0. The van der Waals surface area contributed by atoms with E-state index >= 15 is 0 Å². The van der Waals surface area contributed by atoms with Gasteiger partial charge in [-0.1, -0.05) is 18.2 Å². The van der Waals surface area contributed by atoms with E-state index in [0.717, 1.165) is 12.1 Å². The van der Waals surface area contributed by atoms with Crippen molar-refractivity contribution in [1.82, 2.24) is 4.40 Å². The number of ketones is 1. The summed E-state index contributed by atoms with van der Waals surface area (Å²) in [6, 6.07) is 8.54. The largest absolute Gasteiger partial charge is 0.465 e. The number of carbonyl (C=O) groups is 2. The normalized spacial score (nSPS) is 11.8. The number of hydrogen-bond acceptors (Lipinski definition) is 3. The van der Waals surface area contributed by atoms with Gasteiger partial charge < -0.3 is 9.14 Å². The van der Waals surface area contributed by atoms with Crippen LogP contribution in [0.15, 0.2) is 42.6 Å². The average Bonchev–Trinajstić information content (AvgIpc) is 2.86. The fraction of sp³-hybridized carbons (Fsp3) is 0.125. The first-order valence-electron chi connectivity index (χ1n) is 6.57. The highest BCUT2D eigenvalue weighted by Crippen LogP contribution is 2.30. The third-order valence-corrected chi connectivity index (χ3v) is 3.55. The summed E-state index contributed by atoms with van der Waals surface area (Å²) in [6.07, 6.45) is -3.35. The second-order valence-corrected chi connectivity index (χ2v) is 4.88. The number of Topliss-reactive ketones (excluding diaryl/α,β-unsaturated/α-hetero) is 1. The lowest BCUT2D eigenvalue weighted by Gasteiger charge is -2.05. The molecule has 0 N–H and O–H groups in total. The SMILES string of the molecule is COC(=O)c1c2ccc(C(=O)C(F)(F)F)cc2n2ccccc12. The molecule has 2 aromatic heterocycles. The Kier molecular flexibility index (Phi) is 3.35. The Morgan fingerprint density at radius 2 is 1.83 bits per heavy atom. The summed E-state index contributed by atoms with van der Waals surface area (Å²) in [4.78, 5) is 23.4. The highest BCUT2D eigenvalue weighted by molar-refractivity contribution is 6.13. The fourth-order valence-corrected chi connectivity index (χ4v) is 2.56. The number of hydrogen-bond donors (Lipinski definition) is 0. The van der Waals surface area contributed by atoms with Crippen LogP contribution in [-0.4, -0.2) is 29.4 Å². The van der Waals surface area contributed by atoms with E-state index in [9.17, 15) is 22.8 Å². The predicted octanol–water partition coefficient (Wildman–Crippen LogP) is 3.62. The number of esters is 1. The molecule has 4 nitrogen and oxygen atoms in total. The van der Waals surface area contributed by atoms with E-state index in [1.165, 1.54) is 13.2 Å². The van der Waals surface area contributed by atoms with Crippen LogP contribution in [0.1, 0.15) is 20.7 Å². The van der Waals surface area contributed by atoms with Gasteiger partial charge in [0.2, 0.25) is 0 Å². The van der Waals surface area contributed by atoms with Gasteiger partial charge >= 0.3 is 12.1 Å².